The summed E-state index contributed by atoms with van der Waals surface area (Å²) in [5, 5.41) is 11.9. The number of rotatable bonds is 3. The van der Waals surface area contributed by atoms with E-state index in [1.54, 1.807) is 0 Å². The van der Waals surface area contributed by atoms with Gasteiger partial charge in [0.1, 0.15) is 5.82 Å². The average Bonchev–Trinajstić information content (AvgIpc) is 3.42. The van der Waals surface area contributed by atoms with Gasteiger partial charge < -0.3 is 24.3 Å². The molecule has 148 valence electrons. The molecule has 1 aromatic heterocycles. The third-order valence-electron chi connectivity index (χ3n) is 5.83. The number of hydrogen-bond donors (Lipinski definition) is 1. The zero-order valence-electron chi connectivity index (χ0n) is 15.9. The first-order valence-electron chi connectivity index (χ1n) is 10.1. The van der Waals surface area contributed by atoms with Gasteiger partial charge in [-0.2, -0.15) is 0 Å². The fourth-order valence-corrected chi connectivity index (χ4v) is 4.36. The van der Waals surface area contributed by atoms with E-state index >= 15 is 0 Å². The number of urea groups is 1. The molecule has 0 radical (unpaired) electrons. The maximum atomic E-state index is 12.9. The van der Waals surface area contributed by atoms with Crippen molar-refractivity contribution in [3.8, 4) is 11.5 Å². The molecule has 0 saturated carbocycles. The normalized spacial score (nSPS) is 20.7. The molecule has 8 nitrogen and oxygen atoms in total. The van der Waals surface area contributed by atoms with Crippen molar-refractivity contribution >= 4 is 6.03 Å². The summed E-state index contributed by atoms with van der Waals surface area (Å²) in [7, 11) is 0. The van der Waals surface area contributed by atoms with Gasteiger partial charge in [-0.3, -0.25) is 0 Å². The molecule has 2 amide bonds. The number of aromatic nitrogens is 3. The quantitative estimate of drug-likeness (QED) is 0.881. The van der Waals surface area contributed by atoms with Crippen LogP contribution in [0.3, 0.4) is 0 Å². The number of fused-ring (bicyclic) bond motifs is 2. The van der Waals surface area contributed by atoms with Crippen molar-refractivity contribution in [1.29, 1.82) is 0 Å². The van der Waals surface area contributed by atoms with Gasteiger partial charge in [0.2, 0.25) is 6.79 Å². The van der Waals surface area contributed by atoms with Crippen molar-refractivity contribution in [1.82, 2.24) is 25.0 Å². The number of nitrogens with one attached hydrogen (secondary N) is 1. The maximum absolute atomic E-state index is 12.9. The third-order valence-corrected chi connectivity index (χ3v) is 5.83. The topological polar surface area (TPSA) is 81.5 Å². The lowest BCUT2D eigenvalue weighted by atomic mass is 10.2. The minimum atomic E-state index is -0.0499. The van der Waals surface area contributed by atoms with E-state index in [0.29, 0.717) is 6.54 Å². The molecule has 1 saturated heterocycles. The zero-order chi connectivity index (χ0) is 18.9. The maximum Gasteiger partial charge on any atom is 0.318 e. The van der Waals surface area contributed by atoms with Crippen molar-refractivity contribution < 1.29 is 14.3 Å². The molecule has 0 bridgehead atoms. The molecule has 1 fully saturated rings. The van der Waals surface area contributed by atoms with Crippen molar-refractivity contribution in [2.45, 2.75) is 57.7 Å². The monoisotopic (exact) mass is 383 g/mol. The Kier molecular flexibility index (Phi) is 4.54. The lowest BCUT2D eigenvalue weighted by Gasteiger charge is -2.25. The van der Waals surface area contributed by atoms with Gasteiger partial charge in [-0.05, 0) is 43.4 Å². The fourth-order valence-electron chi connectivity index (χ4n) is 4.36. The smallest absolute Gasteiger partial charge is 0.318 e. The van der Waals surface area contributed by atoms with E-state index in [0.717, 1.165) is 67.5 Å². The van der Waals surface area contributed by atoms with Gasteiger partial charge in [-0.15, -0.1) is 10.2 Å². The molecular weight excluding hydrogens is 358 g/mol. The van der Waals surface area contributed by atoms with Crippen LogP contribution in [0.1, 0.15) is 55.4 Å². The first-order chi connectivity index (χ1) is 13.8. The van der Waals surface area contributed by atoms with E-state index in [2.05, 4.69) is 20.1 Å². The summed E-state index contributed by atoms with van der Waals surface area (Å²) in [6.45, 7) is 2.42. The highest BCUT2D eigenvalue weighted by Gasteiger charge is 2.34. The van der Waals surface area contributed by atoms with Crippen LogP contribution in [0.25, 0.3) is 0 Å². The van der Waals surface area contributed by atoms with Crippen LogP contribution in [0.15, 0.2) is 18.2 Å². The predicted molar refractivity (Wildman–Crippen MR) is 101 cm³/mol. The Morgan fingerprint density at radius 1 is 1.11 bits per heavy atom. The molecule has 0 spiro atoms. The minimum Gasteiger partial charge on any atom is -0.454 e. The number of nitrogens with zero attached hydrogens (tertiary/aromatic N) is 4. The van der Waals surface area contributed by atoms with Crippen LogP contribution >= 0.6 is 0 Å². The highest BCUT2D eigenvalue weighted by molar-refractivity contribution is 5.75. The molecule has 1 aromatic carbocycles. The van der Waals surface area contributed by atoms with Gasteiger partial charge >= 0.3 is 6.03 Å². The Morgan fingerprint density at radius 2 is 2.04 bits per heavy atom. The molecule has 0 unspecified atom stereocenters. The van der Waals surface area contributed by atoms with Gasteiger partial charge in [0.15, 0.2) is 17.3 Å². The second-order valence-electron chi connectivity index (χ2n) is 7.63. The third kappa shape index (κ3) is 3.16. The van der Waals surface area contributed by atoms with Gasteiger partial charge in [-0.25, -0.2) is 4.79 Å². The molecule has 0 aliphatic carbocycles. The SMILES string of the molecule is O=C(NCc1ccc2c(c1)OCO2)N1CCC[C@@H]1c1nnc2n1CCCCC2. The van der Waals surface area contributed by atoms with E-state index in [1.807, 2.05) is 23.1 Å². The van der Waals surface area contributed by atoms with E-state index in [1.165, 1.54) is 12.8 Å². The molecule has 1 N–H and O–H groups in total. The zero-order valence-corrected chi connectivity index (χ0v) is 15.9. The molecule has 28 heavy (non-hydrogen) atoms. The number of benzene rings is 1. The van der Waals surface area contributed by atoms with Gasteiger partial charge in [0, 0.05) is 26.1 Å². The van der Waals surface area contributed by atoms with E-state index in [4.69, 9.17) is 9.47 Å². The lowest BCUT2D eigenvalue weighted by Crippen LogP contribution is -2.39. The Hall–Kier alpha value is -2.77. The number of carbonyl (C=O) groups excluding carboxylic acids is 1. The van der Waals surface area contributed by atoms with Crippen LogP contribution in [0.5, 0.6) is 11.5 Å². The van der Waals surface area contributed by atoms with Crippen LogP contribution in [0.4, 0.5) is 4.79 Å². The van der Waals surface area contributed by atoms with E-state index in [-0.39, 0.29) is 18.9 Å². The van der Waals surface area contributed by atoms with E-state index in [9.17, 15) is 4.79 Å². The molecule has 5 rings (SSSR count). The highest BCUT2D eigenvalue weighted by atomic mass is 16.7. The number of likely N-dealkylation sites (tertiary alicyclic amines) is 1. The number of carbonyl (C=O) groups is 1. The summed E-state index contributed by atoms with van der Waals surface area (Å²) >= 11 is 0. The Balaban J connectivity index is 1.28. The van der Waals surface area contributed by atoms with Crippen LogP contribution < -0.4 is 14.8 Å². The predicted octanol–water partition coefficient (Wildman–Crippen LogP) is 2.78. The van der Waals surface area contributed by atoms with Crippen molar-refractivity contribution in [3.05, 3.63) is 35.4 Å². The molecule has 1 atom stereocenters. The molecule has 2 aromatic rings. The molecular formula is C20H25N5O3. The number of hydrogen-bond acceptors (Lipinski definition) is 5. The number of ether oxygens (including phenoxy) is 2. The summed E-state index contributed by atoms with van der Waals surface area (Å²) in [6, 6.07) is 5.71. The van der Waals surface area contributed by atoms with Gasteiger partial charge in [0.25, 0.3) is 0 Å². The van der Waals surface area contributed by atoms with Gasteiger partial charge in [0.05, 0.1) is 6.04 Å². The van der Waals surface area contributed by atoms with Crippen LogP contribution in [0.2, 0.25) is 0 Å². The molecule has 3 aliphatic heterocycles. The summed E-state index contributed by atoms with van der Waals surface area (Å²) in [5.74, 6) is 3.51. The van der Waals surface area contributed by atoms with Crippen LogP contribution in [0, 0.1) is 0 Å². The van der Waals surface area contributed by atoms with Gasteiger partial charge in [-0.1, -0.05) is 12.5 Å². The second-order valence-corrected chi connectivity index (χ2v) is 7.63. The fraction of sp³-hybridized carbons (Fsp3) is 0.550. The Labute approximate surface area is 163 Å². The van der Waals surface area contributed by atoms with E-state index < -0.39 is 0 Å². The second kappa shape index (κ2) is 7.33. The van der Waals surface area contributed by atoms with Crippen molar-refractivity contribution in [3.63, 3.8) is 0 Å². The van der Waals surface area contributed by atoms with Crippen molar-refractivity contribution in [2.24, 2.45) is 0 Å². The first kappa shape index (κ1) is 17.3. The highest BCUT2D eigenvalue weighted by Crippen LogP contribution is 2.34. The summed E-state index contributed by atoms with van der Waals surface area (Å²) in [6.07, 6.45) is 6.46. The summed E-state index contributed by atoms with van der Waals surface area (Å²) in [5.41, 5.74) is 0.990. The lowest BCUT2D eigenvalue weighted by molar-refractivity contribution is 0.174. The van der Waals surface area contributed by atoms with Crippen LogP contribution in [-0.2, 0) is 19.5 Å². The number of aryl methyl sites for hydroxylation is 1. The molecule has 4 heterocycles. The minimum absolute atomic E-state index is 0.0103. The standard InChI is InChI=1S/C20H25N5O3/c26-20(21-12-14-7-8-16-17(11-14)28-13-27-16)24-10-4-5-15(24)19-23-22-18-6-2-1-3-9-25(18)19/h7-8,11,15H,1-6,9-10,12-13H2,(H,21,26)/t15-/m1/s1. The summed E-state index contributed by atoms with van der Waals surface area (Å²) in [4.78, 5) is 14.8. The Bertz CT molecular complexity index is 881. The Morgan fingerprint density at radius 3 is 3.00 bits per heavy atom. The first-order valence-corrected chi connectivity index (χ1v) is 10.1. The van der Waals surface area contributed by atoms with Crippen LogP contribution in [-0.4, -0.2) is 39.0 Å². The molecule has 8 heteroatoms. The average molecular weight is 383 g/mol. The molecule has 3 aliphatic rings. The largest absolute Gasteiger partial charge is 0.454 e. The summed E-state index contributed by atoms with van der Waals surface area (Å²) < 4.78 is 13.0. The number of amides is 2. The van der Waals surface area contributed by atoms with Crippen molar-refractivity contribution in [2.75, 3.05) is 13.3 Å².